The molecule has 1 heterocycles. The molecule has 0 aromatic heterocycles. The van der Waals surface area contributed by atoms with Crippen molar-refractivity contribution in [2.45, 2.75) is 19.4 Å². The van der Waals surface area contributed by atoms with E-state index in [1.165, 1.54) is 21.9 Å². The lowest BCUT2D eigenvalue weighted by molar-refractivity contribution is -0.858. The summed E-state index contributed by atoms with van der Waals surface area (Å²) < 4.78 is 13.5. The number of halogens is 1. The third-order valence-electron chi connectivity index (χ3n) is 5.13. The second-order valence-electron chi connectivity index (χ2n) is 7.72. The van der Waals surface area contributed by atoms with E-state index in [2.05, 4.69) is 0 Å². The number of quaternary nitrogens is 1. The largest absolute Gasteiger partial charge is 0.507 e. The predicted octanol–water partition coefficient (Wildman–Crippen LogP) is 2.09. The number of nitrogens with zero attached hydrogens (tertiary/aromatic N) is 1. The fourth-order valence-corrected chi connectivity index (χ4v) is 3.57. The van der Waals surface area contributed by atoms with Crippen LogP contribution in [0.25, 0.3) is 5.76 Å². The van der Waals surface area contributed by atoms with E-state index in [0.29, 0.717) is 24.1 Å². The molecule has 1 aliphatic rings. The van der Waals surface area contributed by atoms with Gasteiger partial charge in [-0.2, -0.15) is 0 Å². The highest BCUT2D eigenvalue weighted by molar-refractivity contribution is 6.46. The Morgan fingerprint density at radius 2 is 1.69 bits per heavy atom. The summed E-state index contributed by atoms with van der Waals surface area (Å²) in [6.07, 6.45) is 0.706. The maximum Gasteiger partial charge on any atom is 0.295 e. The molecule has 1 atom stereocenters. The number of rotatable bonds is 6. The quantitative estimate of drug-likeness (QED) is 0.446. The van der Waals surface area contributed by atoms with Crippen LogP contribution in [-0.2, 0) is 9.59 Å². The van der Waals surface area contributed by atoms with Crippen molar-refractivity contribution in [3.63, 3.8) is 0 Å². The van der Waals surface area contributed by atoms with Gasteiger partial charge in [0, 0.05) is 18.5 Å². The Morgan fingerprint density at radius 3 is 2.28 bits per heavy atom. The lowest BCUT2D eigenvalue weighted by Gasteiger charge is -2.25. The lowest BCUT2D eigenvalue weighted by Crippen LogP contribution is -3.05. The molecule has 152 valence electrons. The fraction of sp³-hybridized carbons (Fsp3) is 0.304. The maximum atomic E-state index is 13.5. The molecule has 1 saturated heterocycles. The number of benzene rings is 2. The first-order valence-electron chi connectivity index (χ1n) is 9.69. The molecule has 0 bridgehead atoms. The Kier molecular flexibility index (Phi) is 6.13. The van der Waals surface area contributed by atoms with Gasteiger partial charge in [-0.15, -0.1) is 0 Å². The second kappa shape index (κ2) is 8.57. The molecule has 0 radical (unpaired) electrons. The van der Waals surface area contributed by atoms with Crippen molar-refractivity contribution in [3.8, 4) is 0 Å². The zero-order valence-corrected chi connectivity index (χ0v) is 16.9. The number of carbonyl (C=O) groups excluding carboxylic acids is 2. The standard InChI is InChI=1S/C23H25FN2O3/c1-15-5-7-17(8-6-15)21(27)19-20(16-9-11-18(24)12-10-16)26(23(29)22(19)28)14-4-13-25(2)3/h5-12,20,27H,4,13-14H2,1-3H3/p+1/t20-/m1/s1. The number of hydrogen-bond donors (Lipinski definition) is 2. The predicted molar refractivity (Wildman–Crippen MR) is 109 cm³/mol. The number of ketones is 1. The first-order chi connectivity index (χ1) is 13.8. The number of aliphatic hydroxyl groups is 1. The molecule has 0 saturated carbocycles. The molecule has 3 rings (SSSR count). The van der Waals surface area contributed by atoms with Crippen LogP contribution in [0, 0.1) is 12.7 Å². The van der Waals surface area contributed by atoms with Gasteiger partial charge in [0.25, 0.3) is 11.7 Å². The monoisotopic (exact) mass is 397 g/mol. The highest BCUT2D eigenvalue weighted by Gasteiger charge is 2.45. The van der Waals surface area contributed by atoms with Crippen LogP contribution in [0.3, 0.4) is 0 Å². The van der Waals surface area contributed by atoms with Crippen LogP contribution >= 0.6 is 0 Å². The molecule has 2 aromatic carbocycles. The first-order valence-corrected chi connectivity index (χ1v) is 9.69. The normalized spacial score (nSPS) is 18.7. The number of hydrogen-bond acceptors (Lipinski definition) is 3. The van der Waals surface area contributed by atoms with Crippen molar-refractivity contribution in [2.75, 3.05) is 27.2 Å². The molecular formula is C23H26FN2O3+. The summed E-state index contributed by atoms with van der Waals surface area (Å²) in [5, 5.41) is 10.9. The highest BCUT2D eigenvalue weighted by Crippen LogP contribution is 2.39. The van der Waals surface area contributed by atoms with Gasteiger partial charge in [-0.05, 0) is 24.6 Å². The summed E-state index contributed by atoms with van der Waals surface area (Å²) in [4.78, 5) is 28.4. The first kappa shape index (κ1) is 20.7. The van der Waals surface area contributed by atoms with Gasteiger partial charge in [0.1, 0.15) is 11.6 Å². The summed E-state index contributed by atoms with van der Waals surface area (Å²) in [5.41, 5.74) is 2.13. The third kappa shape index (κ3) is 4.38. The molecule has 1 aliphatic heterocycles. The van der Waals surface area contributed by atoms with E-state index >= 15 is 0 Å². The van der Waals surface area contributed by atoms with Crippen molar-refractivity contribution in [3.05, 3.63) is 76.6 Å². The topological polar surface area (TPSA) is 62.0 Å². The second-order valence-corrected chi connectivity index (χ2v) is 7.72. The van der Waals surface area contributed by atoms with Gasteiger partial charge in [-0.1, -0.05) is 42.0 Å². The third-order valence-corrected chi connectivity index (χ3v) is 5.13. The van der Waals surface area contributed by atoms with Crippen molar-refractivity contribution < 1.29 is 24.0 Å². The number of likely N-dealkylation sites (tertiary alicyclic amines) is 1. The van der Waals surface area contributed by atoms with Gasteiger partial charge in [-0.3, -0.25) is 9.59 Å². The zero-order valence-electron chi connectivity index (χ0n) is 16.9. The lowest BCUT2D eigenvalue weighted by atomic mass is 9.95. The molecule has 2 N–H and O–H groups in total. The van der Waals surface area contributed by atoms with E-state index in [1.54, 1.807) is 24.3 Å². The van der Waals surface area contributed by atoms with Crippen molar-refractivity contribution in [1.82, 2.24) is 4.90 Å². The van der Waals surface area contributed by atoms with Gasteiger partial charge in [-0.25, -0.2) is 4.39 Å². The SMILES string of the molecule is Cc1ccc(C(O)=C2C(=O)C(=O)N(CCC[NH+](C)C)[C@@H]2c2ccc(F)cc2)cc1. The molecule has 2 aromatic rings. The molecule has 1 amide bonds. The molecule has 0 spiro atoms. The number of Topliss-reactive ketones (excluding diaryl/α,β-unsaturated/α-hetero) is 1. The maximum absolute atomic E-state index is 13.5. The molecule has 6 heteroatoms. The highest BCUT2D eigenvalue weighted by atomic mass is 19.1. The van der Waals surface area contributed by atoms with E-state index in [1.807, 2.05) is 33.2 Å². The van der Waals surface area contributed by atoms with Gasteiger partial charge < -0.3 is 14.9 Å². The minimum Gasteiger partial charge on any atom is -0.507 e. The number of nitrogens with one attached hydrogen (secondary N) is 1. The zero-order chi connectivity index (χ0) is 21.1. The number of aryl methyl sites for hydroxylation is 1. The Labute approximate surface area is 170 Å². The van der Waals surface area contributed by atoms with Gasteiger partial charge >= 0.3 is 0 Å². The minimum atomic E-state index is -0.742. The number of aliphatic hydroxyl groups excluding tert-OH is 1. The molecule has 29 heavy (non-hydrogen) atoms. The Bertz CT molecular complexity index is 934. The van der Waals surface area contributed by atoms with Gasteiger partial charge in [0.05, 0.1) is 32.3 Å². The van der Waals surface area contributed by atoms with Crippen LogP contribution in [-0.4, -0.2) is 48.9 Å². The van der Waals surface area contributed by atoms with Crippen LogP contribution in [0.1, 0.15) is 29.2 Å². The number of amides is 1. The van der Waals surface area contributed by atoms with Crippen LogP contribution in [0.4, 0.5) is 4.39 Å². The van der Waals surface area contributed by atoms with E-state index in [4.69, 9.17) is 0 Å². The summed E-state index contributed by atoms with van der Waals surface area (Å²) in [7, 11) is 4.03. The van der Waals surface area contributed by atoms with Gasteiger partial charge in [0.2, 0.25) is 0 Å². The van der Waals surface area contributed by atoms with Gasteiger partial charge in [0.15, 0.2) is 0 Å². The molecule has 0 aliphatic carbocycles. The Hall–Kier alpha value is -2.99. The summed E-state index contributed by atoms with van der Waals surface area (Å²) >= 11 is 0. The Morgan fingerprint density at radius 1 is 1.07 bits per heavy atom. The van der Waals surface area contributed by atoms with Crippen molar-refractivity contribution in [2.24, 2.45) is 0 Å². The molecule has 1 fully saturated rings. The van der Waals surface area contributed by atoms with Crippen molar-refractivity contribution >= 4 is 17.4 Å². The molecule has 0 unspecified atom stereocenters. The van der Waals surface area contributed by atoms with Crippen LogP contribution < -0.4 is 4.90 Å². The Balaban J connectivity index is 2.07. The smallest absolute Gasteiger partial charge is 0.295 e. The van der Waals surface area contributed by atoms with E-state index in [0.717, 1.165) is 12.1 Å². The number of carbonyl (C=O) groups is 2. The summed E-state index contributed by atoms with van der Waals surface area (Å²) in [6, 6.07) is 12.1. The average molecular weight is 397 g/mol. The van der Waals surface area contributed by atoms with Crippen molar-refractivity contribution in [1.29, 1.82) is 0 Å². The minimum absolute atomic E-state index is 0.0441. The van der Waals surface area contributed by atoms with Crippen LogP contribution in [0.5, 0.6) is 0 Å². The summed E-state index contributed by atoms with van der Waals surface area (Å²) in [6.45, 7) is 3.13. The van der Waals surface area contributed by atoms with E-state index < -0.39 is 23.5 Å². The van der Waals surface area contributed by atoms with Crippen LogP contribution in [0.15, 0.2) is 54.1 Å². The molecule has 5 nitrogen and oxygen atoms in total. The fourth-order valence-electron chi connectivity index (χ4n) is 3.57. The van der Waals surface area contributed by atoms with E-state index in [-0.39, 0.29) is 11.3 Å². The average Bonchev–Trinajstić information content (AvgIpc) is 2.93. The van der Waals surface area contributed by atoms with Crippen LogP contribution in [0.2, 0.25) is 0 Å². The molecular weight excluding hydrogens is 371 g/mol. The van der Waals surface area contributed by atoms with E-state index in [9.17, 15) is 19.1 Å². The summed E-state index contributed by atoms with van der Waals surface area (Å²) in [5.74, 6) is -1.96.